The largest absolute Gasteiger partial charge is 0.481 e. The zero-order valence-electron chi connectivity index (χ0n) is 12.2. The molecular weight excluding hydrogens is 296 g/mol. The molecule has 0 unspecified atom stereocenters. The molecule has 2 aliphatic heterocycles. The van der Waals surface area contributed by atoms with E-state index in [9.17, 15) is 18.0 Å². The monoisotopic (exact) mass is 318 g/mol. The standard InChI is InChI=1S/C13H22N2O5S/c1-21(19,20)15-8-3-2-6-11(15)12(16)14-7-4-5-10(9-14)13(17)18/h10-11H,2-9H2,1H3,(H,17,18)/t10-,11-/m1/s1. The summed E-state index contributed by atoms with van der Waals surface area (Å²) in [5, 5.41) is 9.09. The lowest BCUT2D eigenvalue weighted by atomic mass is 9.96. The van der Waals surface area contributed by atoms with E-state index in [2.05, 4.69) is 0 Å². The maximum Gasteiger partial charge on any atom is 0.308 e. The van der Waals surface area contributed by atoms with Gasteiger partial charge in [-0.3, -0.25) is 9.59 Å². The predicted molar refractivity (Wildman–Crippen MR) is 76.1 cm³/mol. The average molecular weight is 318 g/mol. The maximum absolute atomic E-state index is 12.6. The summed E-state index contributed by atoms with van der Waals surface area (Å²) in [5.74, 6) is -1.68. The number of rotatable bonds is 3. The molecule has 2 fully saturated rings. The molecular formula is C13H22N2O5S. The van der Waals surface area contributed by atoms with Crippen LogP contribution in [0.25, 0.3) is 0 Å². The zero-order valence-corrected chi connectivity index (χ0v) is 13.0. The van der Waals surface area contributed by atoms with E-state index in [0.717, 1.165) is 19.1 Å². The normalized spacial score (nSPS) is 28.3. The molecule has 120 valence electrons. The Bertz CT molecular complexity index is 519. The van der Waals surface area contributed by atoms with Crippen molar-refractivity contribution < 1.29 is 23.1 Å². The molecule has 2 saturated heterocycles. The van der Waals surface area contributed by atoms with E-state index in [1.165, 1.54) is 9.21 Å². The first-order valence-corrected chi connectivity index (χ1v) is 9.14. The van der Waals surface area contributed by atoms with Crippen LogP contribution in [0.3, 0.4) is 0 Å². The molecule has 2 aliphatic rings. The Hall–Kier alpha value is -1.15. The van der Waals surface area contributed by atoms with Crippen molar-refractivity contribution >= 4 is 21.9 Å². The maximum atomic E-state index is 12.6. The summed E-state index contributed by atoms with van der Waals surface area (Å²) < 4.78 is 24.9. The highest BCUT2D eigenvalue weighted by molar-refractivity contribution is 7.88. The quantitative estimate of drug-likeness (QED) is 0.798. The van der Waals surface area contributed by atoms with E-state index in [1.807, 2.05) is 0 Å². The van der Waals surface area contributed by atoms with Crippen LogP contribution in [-0.2, 0) is 19.6 Å². The van der Waals surface area contributed by atoms with E-state index >= 15 is 0 Å². The van der Waals surface area contributed by atoms with Gasteiger partial charge < -0.3 is 10.0 Å². The highest BCUT2D eigenvalue weighted by Crippen LogP contribution is 2.24. The molecule has 1 N–H and O–H groups in total. The van der Waals surface area contributed by atoms with E-state index in [-0.39, 0.29) is 12.5 Å². The molecule has 7 nitrogen and oxygen atoms in total. The fraction of sp³-hybridized carbons (Fsp3) is 0.846. The van der Waals surface area contributed by atoms with Crippen molar-refractivity contribution in [3.8, 4) is 0 Å². The predicted octanol–water partition coefficient (Wildman–Crippen LogP) is 0.124. The summed E-state index contributed by atoms with van der Waals surface area (Å²) >= 11 is 0. The van der Waals surface area contributed by atoms with Crippen molar-refractivity contribution in [2.45, 2.75) is 38.1 Å². The smallest absolute Gasteiger partial charge is 0.308 e. The average Bonchev–Trinajstić information content (AvgIpc) is 2.45. The lowest BCUT2D eigenvalue weighted by Gasteiger charge is -2.38. The van der Waals surface area contributed by atoms with Crippen LogP contribution in [0.15, 0.2) is 0 Å². The molecule has 1 amide bonds. The minimum absolute atomic E-state index is 0.183. The SMILES string of the molecule is CS(=O)(=O)N1CCCC[C@@H]1C(=O)N1CCC[C@@H](C(=O)O)C1. The van der Waals surface area contributed by atoms with Crippen LogP contribution >= 0.6 is 0 Å². The molecule has 0 aromatic carbocycles. The van der Waals surface area contributed by atoms with Gasteiger partial charge in [0.15, 0.2) is 0 Å². The van der Waals surface area contributed by atoms with Crippen LogP contribution in [-0.4, -0.2) is 66.5 Å². The summed E-state index contributed by atoms with van der Waals surface area (Å²) in [6, 6.07) is -0.665. The number of likely N-dealkylation sites (tertiary alicyclic amines) is 1. The second kappa shape index (κ2) is 6.31. The lowest BCUT2D eigenvalue weighted by molar-refractivity contribution is -0.147. The van der Waals surface area contributed by atoms with Gasteiger partial charge in [-0.15, -0.1) is 0 Å². The summed E-state index contributed by atoms with van der Waals surface area (Å²) in [7, 11) is -3.42. The van der Waals surface area contributed by atoms with Crippen LogP contribution in [0.2, 0.25) is 0 Å². The fourth-order valence-electron chi connectivity index (χ4n) is 3.14. The summed E-state index contributed by atoms with van der Waals surface area (Å²) in [6.07, 6.45) is 4.43. The van der Waals surface area contributed by atoms with Gasteiger partial charge >= 0.3 is 5.97 Å². The molecule has 0 spiro atoms. The van der Waals surface area contributed by atoms with Gasteiger partial charge in [-0.25, -0.2) is 8.42 Å². The van der Waals surface area contributed by atoms with Gasteiger partial charge in [0.05, 0.1) is 12.2 Å². The van der Waals surface area contributed by atoms with Gasteiger partial charge in [-0.2, -0.15) is 4.31 Å². The Morgan fingerprint density at radius 3 is 2.43 bits per heavy atom. The minimum Gasteiger partial charge on any atom is -0.481 e. The molecule has 0 bridgehead atoms. The van der Waals surface area contributed by atoms with Crippen LogP contribution in [0.5, 0.6) is 0 Å². The summed E-state index contributed by atoms with van der Waals surface area (Å²) in [6.45, 7) is 1.06. The molecule has 21 heavy (non-hydrogen) atoms. The fourth-order valence-corrected chi connectivity index (χ4v) is 4.26. The van der Waals surface area contributed by atoms with Gasteiger partial charge in [-0.1, -0.05) is 6.42 Å². The summed E-state index contributed by atoms with van der Waals surface area (Å²) in [5.41, 5.74) is 0. The highest BCUT2D eigenvalue weighted by Gasteiger charge is 2.38. The second-order valence-electron chi connectivity index (χ2n) is 5.85. The first-order valence-electron chi connectivity index (χ1n) is 7.29. The molecule has 0 aromatic rings. The number of hydrogen-bond acceptors (Lipinski definition) is 4. The molecule has 2 atom stereocenters. The van der Waals surface area contributed by atoms with Crippen molar-refractivity contribution in [3.05, 3.63) is 0 Å². The summed E-state index contributed by atoms with van der Waals surface area (Å²) in [4.78, 5) is 25.2. The number of sulfonamides is 1. The van der Waals surface area contributed by atoms with E-state index < -0.39 is 28.0 Å². The Morgan fingerprint density at radius 1 is 1.10 bits per heavy atom. The first-order chi connectivity index (χ1) is 9.80. The van der Waals surface area contributed by atoms with Crippen molar-refractivity contribution in [3.63, 3.8) is 0 Å². The third kappa shape index (κ3) is 3.74. The van der Waals surface area contributed by atoms with Gasteiger partial charge in [0, 0.05) is 19.6 Å². The molecule has 0 aliphatic carbocycles. The van der Waals surface area contributed by atoms with Crippen molar-refractivity contribution in [1.29, 1.82) is 0 Å². The Kier molecular flexibility index (Phi) is 4.88. The molecule has 0 radical (unpaired) electrons. The van der Waals surface area contributed by atoms with Crippen LogP contribution < -0.4 is 0 Å². The Balaban J connectivity index is 2.12. The van der Waals surface area contributed by atoms with Gasteiger partial charge in [0.1, 0.15) is 6.04 Å². The second-order valence-corrected chi connectivity index (χ2v) is 7.78. The number of nitrogens with zero attached hydrogens (tertiary/aromatic N) is 2. The number of carboxylic acid groups (broad SMARTS) is 1. The molecule has 0 aromatic heterocycles. The number of carbonyl (C=O) groups excluding carboxylic acids is 1. The minimum atomic E-state index is -3.42. The van der Waals surface area contributed by atoms with E-state index in [0.29, 0.717) is 32.4 Å². The van der Waals surface area contributed by atoms with Gasteiger partial charge in [-0.05, 0) is 25.7 Å². The number of carbonyl (C=O) groups is 2. The van der Waals surface area contributed by atoms with Crippen molar-refractivity contribution in [2.24, 2.45) is 5.92 Å². The Morgan fingerprint density at radius 2 is 1.81 bits per heavy atom. The van der Waals surface area contributed by atoms with Crippen LogP contribution in [0, 0.1) is 5.92 Å². The van der Waals surface area contributed by atoms with Crippen LogP contribution in [0.1, 0.15) is 32.1 Å². The molecule has 2 heterocycles. The third-order valence-corrected chi connectivity index (χ3v) is 5.54. The van der Waals surface area contributed by atoms with E-state index in [1.54, 1.807) is 0 Å². The third-order valence-electron chi connectivity index (χ3n) is 4.25. The lowest BCUT2D eigenvalue weighted by Crippen LogP contribution is -2.54. The van der Waals surface area contributed by atoms with Crippen molar-refractivity contribution in [1.82, 2.24) is 9.21 Å². The molecule has 2 rings (SSSR count). The number of aliphatic carboxylic acids is 1. The van der Waals surface area contributed by atoms with Crippen molar-refractivity contribution in [2.75, 3.05) is 25.9 Å². The molecule has 8 heteroatoms. The zero-order chi connectivity index (χ0) is 15.6. The number of piperidine rings is 2. The highest BCUT2D eigenvalue weighted by atomic mass is 32.2. The number of hydrogen-bond donors (Lipinski definition) is 1. The number of amides is 1. The van der Waals surface area contributed by atoms with Gasteiger partial charge in [0.25, 0.3) is 0 Å². The first kappa shape index (κ1) is 16.2. The van der Waals surface area contributed by atoms with Crippen LogP contribution in [0.4, 0.5) is 0 Å². The van der Waals surface area contributed by atoms with E-state index in [4.69, 9.17) is 5.11 Å². The van der Waals surface area contributed by atoms with Gasteiger partial charge in [0.2, 0.25) is 15.9 Å². The topological polar surface area (TPSA) is 95.0 Å². The molecule has 0 saturated carbocycles. The number of carboxylic acids is 1. The Labute approximate surface area is 125 Å².